The average Bonchev–Trinajstić information content (AvgIpc) is 2.32. The van der Waals surface area contributed by atoms with Crippen molar-refractivity contribution in [2.45, 2.75) is 0 Å². The van der Waals surface area contributed by atoms with Crippen LogP contribution in [-0.2, 0) is 0 Å². The van der Waals surface area contributed by atoms with Gasteiger partial charge in [-0.1, -0.05) is 0 Å². The molecule has 11 heavy (non-hydrogen) atoms. The van der Waals surface area contributed by atoms with E-state index in [-0.39, 0.29) is 5.56 Å². The maximum atomic E-state index is 10.8. The second-order valence-electron chi connectivity index (χ2n) is 2.10. The Hall–Kier alpha value is -1.78. The van der Waals surface area contributed by atoms with Gasteiger partial charge in [0, 0.05) is 12.3 Å². The summed E-state index contributed by atoms with van der Waals surface area (Å²) in [7, 11) is 0. The van der Waals surface area contributed by atoms with Gasteiger partial charge >= 0.3 is 0 Å². The number of rotatable bonds is 0. The predicted molar refractivity (Wildman–Crippen MR) is 35.9 cm³/mol. The van der Waals surface area contributed by atoms with E-state index >= 15 is 0 Å². The zero-order chi connectivity index (χ0) is 7.84. The van der Waals surface area contributed by atoms with Gasteiger partial charge < -0.3 is 4.98 Å². The number of hydrogen-bond acceptors (Lipinski definition) is 3. The van der Waals surface area contributed by atoms with Crippen molar-refractivity contribution >= 4 is 11.6 Å². The number of hydrogen-bond donors (Lipinski definition) is 1. The molecule has 0 fully saturated rings. The van der Waals surface area contributed by atoms with Crippen LogP contribution in [0.1, 0.15) is 10.4 Å². The summed E-state index contributed by atoms with van der Waals surface area (Å²) in [4.78, 5) is 23.8. The number of H-pyrrole nitrogens is 1. The third-order valence-electron chi connectivity index (χ3n) is 1.38. The summed E-state index contributed by atoms with van der Waals surface area (Å²) in [5.74, 6) is -0.406. The molecule has 1 amide bonds. The quantitative estimate of drug-likeness (QED) is 0.586. The van der Waals surface area contributed by atoms with Gasteiger partial charge in [-0.15, -0.1) is 10.2 Å². The minimum Gasteiger partial charge on any atom is -0.328 e. The lowest BCUT2D eigenvalue weighted by Gasteiger charge is -1.88. The number of azo groups is 1. The molecule has 1 aliphatic rings. The van der Waals surface area contributed by atoms with Gasteiger partial charge in [-0.05, 0) is 0 Å². The molecule has 1 N–H and O–H groups in total. The molecule has 0 aromatic carbocycles. The molecule has 0 unspecified atom stereocenters. The van der Waals surface area contributed by atoms with Crippen molar-refractivity contribution in [1.82, 2.24) is 4.98 Å². The van der Waals surface area contributed by atoms with Crippen LogP contribution in [0.2, 0.25) is 0 Å². The first-order valence-corrected chi connectivity index (χ1v) is 2.96. The Morgan fingerprint density at radius 3 is 2.91 bits per heavy atom. The smallest absolute Gasteiger partial charge is 0.299 e. The minimum atomic E-state index is -0.406. The van der Waals surface area contributed by atoms with Gasteiger partial charge in [-0.2, -0.15) is 0 Å². The Bertz CT molecular complexity index is 405. The molecule has 54 valence electrons. The van der Waals surface area contributed by atoms with Gasteiger partial charge in [-0.3, -0.25) is 9.59 Å². The summed E-state index contributed by atoms with van der Waals surface area (Å²) >= 11 is 0. The molecular formula is C6H3N3O2. The molecule has 1 aromatic rings. The van der Waals surface area contributed by atoms with E-state index < -0.39 is 5.91 Å². The monoisotopic (exact) mass is 149 g/mol. The highest BCUT2D eigenvalue weighted by atomic mass is 16.2. The highest BCUT2D eigenvalue weighted by Gasteiger charge is 2.16. The van der Waals surface area contributed by atoms with E-state index in [1.807, 2.05) is 0 Å². The third-order valence-corrected chi connectivity index (χ3v) is 1.38. The van der Waals surface area contributed by atoms with Crippen molar-refractivity contribution in [3.8, 4) is 0 Å². The number of pyridine rings is 1. The molecule has 0 atom stereocenters. The number of carbonyl (C=O) groups is 1. The van der Waals surface area contributed by atoms with Crippen LogP contribution in [0.3, 0.4) is 0 Å². The number of aromatic nitrogens is 1. The van der Waals surface area contributed by atoms with E-state index in [9.17, 15) is 9.59 Å². The first-order valence-electron chi connectivity index (χ1n) is 2.96. The number of nitrogens with one attached hydrogen (secondary N) is 1. The second-order valence-corrected chi connectivity index (χ2v) is 2.10. The second kappa shape index (κ2) is 1.85. The van der Waals surface area contributed by atoms with Crippen LogP contribution in [0.25, 0.3) is 0 Å². The fourth-order valence-electron chi connectivity index (χ4n) is 0.868. The zero-order valence-corrected chi connectivity index (χ0v) is 5.37. The van der Waals surface area contributed by atoms with Crippen molar-refractivity contribution in [3.05, 3.63) is 28.2 Å². The number of aromatic amines is 1. The summed E-state index contributed by atoms with van der Waals surface area (Å²) in [6, 6.07) is 1.24. The van der Waals surface area contributed by atoms with Gasteiger partial charge in [0.15, 0.2) is 0 Å². The Morgan fingerprint density at radius 2 is 2.09 bits per heavy atom. The Balaban J connectivity index is 2.76. The van der Waals surface area contributed by atoms with Crippen molar-refractivity contribution in [3.63, 3.8) is 0 Å². The van der Waals surface area contributed by atoms with Crippen molar-refractivity contribution in [2.24, 2.45) is 10.2 Å². The molecule has 0 spiro atoms. The lowest BCUT2D eigenvalue weighted by molar-refractivity contribution is 0.100. The lowest BCUT2D eigenvalue weighted by Crippen LogP contribution is -2.03. The topological polar surface area (TPSA) is 74.7 Å². The van der Waals surface area contributed by atoms with Gasteiger partial charge in [0.2, 0.25) is 5.56 Å². The van der Waals surface area contributed by atoms with Crippen molar-refractivity contribution < 1.29 is 4.79 Å². The van der Waals surface area contributed by atoms with Crippen LogP contribution >= 0.6 is 0 Å². The molecule has 2 heterocycles. The lowest BCUT2D eigenvalue weighted by atomic mass is 10.2. The van der Waals surface area contributed by atoms with E-state index in [0.717, 1.165) is 0 Å². The Kier molecular flexibility index (Phi) is 1.00. The molecule has 1 aromatic heterocycles. The number of fused-ring (bicyclic) bond motifs is 1. The molecule has 5 nitrogen and oxygen atoms in total. The molecular weight excluding hydrogens is 146 g/mol. The number of nitrogens with zero attached hydrogens (tertiary/aromatic N) is 2. The van der Waals surface area contributed by atoms with Crippen LogP contribution in [0.15, 0.2) is 27.3 Å². The van der Waals surface area contributed by atoms with Gasteiger partial charge in [0.05, 0.1) is 5.56 Å². The Morgan fingerprint density at radius 1 is 1.27 bits per heavy atom. The van der Waals surface area contributed by atoms with Crippen LogP contribution in [0.5, 0.6) is 0 Å². The zero-order valence-electron chi connectivity index (χ0n) is 5.37. The molecule has 0 radical (unpaired) electrons. The summed E-state index contributed by atoms with van der Waals surface area (Å²) < 4.78 is 0. The van der Waals surface area contributed by atoms with E-state index in [2.05, 4.69) is 15.2 Å². The Labute approximate surface area is 60.8 Å². The largest absolute Gasteiger partial charge is 0.328 e. The van der Waals surface area contributed by atoms with E-state index in [1.54, 1.807) is 0 Å². The number of carbonyl (C=O) groups excluding carboxylic acids is 1. The fraction of sp³-hybridized carbons (Fsp3) is 0. The van der Waals surface area contributed by atoms with Crippen molar-refractivity contribution in [2.75, 3.05) is 0 Å². The van der Waals surface area contributed by atoms with Crippen LogP contribution in [-0.4, -0.2) is 10.9 Å². The highest BCUT2D eigenvalue weighted by Crippen LogP contribution is 2.22. The van der Waals surface area contributed by atoms with E-state index in [0.29, 0.717) is 11.3 Å². The summed E-state index contributed by atoms with van der Waals surface area (Å²) in [6.07, 6.45) is 1.32. The molecule has 5 heteroatoms. The van der Waals surface area contributed by atoms with Crippen LogP contribution in [0.4, 0.5) is 5.69 Å². The predicted octanol–water partition coefficient (Wildman–Crippen LogP) is 0.612. The minimum absolute atomic E-state index is 0.280. The fourth-order valence-corrected chi connectivity index (χ4v) is 0.868. The number of amides is 1. The maximum absolute atomic E-state index is 10.8. The van der Waals surface area contributed by atoms with Gasteiger partial charge in [0.25, 0.3) is 5.91 Å². The summed E-state index contributed by atoms with van der Waals surface area (Å²) in [6.45, 7) is 0. The van der Waals surface area contributed by atoms with Gasteiger partial charge in [-0.25, -0.2) is 0 Å². The SMILES string of the molecule is O=C1N=Nc2cc(=O)[nH]cc21. The molecule has 0 saturated heterocycles. The van der Waals surface area contributed by atoms with Crippen molar-refractivity contribution in [1.29, 1.82) is 0 Å². The standard InChI is InChI=1S/C6H3N3O2/c10-5-1-4-3(2-7-5)6(11)9-8-4/h1-2H,(H,7,10). The first kappa shape index (κ1) is 5.96. The molecule has 2 rings (SSSR count). The third kappa shape index (κ3) is 0.778. The molecule has 0 bridgehead atoms. The molecule has 1 aliphatic heterocycles. The maximum Gasteiger partial charge on any atom is 0.299 e. The van der Waals surface area contributed by atoms with Crippen LogP contribution in [0, 0.1) is 0 Å². The van der Waals surface area contributed by atoms with E-state index in [4.69, 9.17) is 0 Å². The van der Waals surface area contributed by atoms with Crippen LogP contribution < -0.4 is 5.56 Å². The first-order chi connectivity index (χ1) is 5.27. The van der Waals surface area contributed by atoms with Gasteiger partial charge in [0.1, 0.15) is 5.69 Å². The normalized spacial score (nSPS) is 13.6. The average molecular weight is 149 g/mol. The highest BCUT2D eigenvalue weighted by molar-refractivity contribution is 6.01. The summed E-state index contributed by atoms with van der Waals surface area (Å²) in [5.41, 5.74) is 0.417. The van der Waals surface area contributed by atoms with E-state index in [1.165, 1.54) is 12.3 Å². The molecule has 0 aliphatic carbocycles. The molecule has 0 saturated carbocycles. The summed E-state index contributed by atoms with van der Waals surface area (Å²) in [5, 5.41) is 6.77.